The van der Waals surface area contributed by atoms with Crippen LogP contribution in [-0.4, -0.2) is 55.2 Å². The van der Waals surface area contributed by atoms with E-state index in [-0.39, 0.29) is 32.3 Å². The fourth-order valence-electron chi connectivity index (χ4n) is 7.62. The Balaban J connectivity index is 1.65. The molecular weight excluding hydrogens is 689 g/mol. The van der Waals surface area contributed by atoms with E-state index in [2.05, 4.69) is 81.6 Å². The molecule has 298 valence electrons. The quantitative estimate of drug-likeness (QED) is 0.0599. The van der Waals surface area contributed by atoms with Gasteiger partial charge in [0.25, 0.3) is 0 Å². The number of aliphatic hydroxyl groups is 2. The van der Waals surface area contributed by atoms with Gasteiger partial charge in [-0.05, 0) is 147 Å². The summed E-state index contributed by atoms with van der Waals surface area (Å²) >= 11 is 0. The van der Waals surface area contributed by atoms with Crippen LogP contribution in [0.1, 0.15) is 114 Å². The van der Waals surface area contributed by atoms with Crippen molar-refractivity contribution in [3.8, 4) is 28.0 Å². The van der Waals surface area contributed by atoms with E-state index in [0.29, 0.717) is 55.8 Å². The number of rotatable bonds is 22. The van der Waals surface area contributed by atoms with Gasteiger partial charge < -0.3 is 24.4 Å². The maximum absolute atomic E-state index is 12.1. The number of carbonyl (C=O) groups is 2. The summed E-state index contributed by atoms with van der Waals surface area (Å²) in [5, 5.41) is 19.3. The fourth-order valence-corrected chi connectivity index (χ4v) is 7.62. The number of benzene rings is 3. The average Bonchev–Trinajstić information content (AvgIpc) is 3.20. The van der Waals surface area contributed by atoms with Crippen LogP contribution in [0.5, 0.6) is 5.75 Å². The standard InChI is InChI=1S/C48H64O7/c1-7-11-35-14-16-38(17-15-35)39-18-20-40(21-19-39)41-22-23-45(37(8-2)28-41)44-29-42(12-9-25-54-47(51)33(3)4)46(53-27-24-36(31-49)32-50)43(30-44)13-10-26-55-48(52)34(5)6/h18-23,28-30,35-36,38,49-50H,3,5,7-17,24-27,31-32H2,1-2,4,6H3. The number of hydrogen-bond donors (Lipinski definition) is 2. The molecular formula is C48H64O7. The van der Waals surface area contributed by atoms with Gasteiger partial charge >= 0.3 is 11.9 Å². The van der Waals surface area contributed by atoms with E-state index in [1.165, 1.54) is 60.8 Å². The van der Waals surface area contributed by atoms with Crippen molar-refractivity contribution >= 4 is 11.9 Å². The van der Waals surface area contributed by atoms with E-state index in [1.807, 2.05) is 0 Å². The molecule has 4 rings (SSSR count). The molecule has 3 aromatic rings. The van der Waals surface area contributed by atoms with E-state index in [1.54, 1.807) is 13.8 Å². The van der Waals surface area contributed by atoms with Gasteiger partial charge in [0, 0.05) is 30.3 Å². The average molecular weight is 753 g/mol. The van der Waals surface area contributed by atoms with E-state index in [0.717, 1.165) is 40.3 Å². The first kappa shape index (κ1) is 43.5. The molecule has 0 heterocycles. The second kappa shape index (κ2) is 22.4. The Kier molecular flexibility index (Phi) is 17.7. The van der Waals surface area contributed by atoms with Crippen LogP contribution in [-0.2, 0) is 38.3 Å². The minimum absolute atomic E-state index is 0.124. The molecule has 0 unspecified atom stereocenters. The summed E-state index contributed by atoms with van der Waals surface area (Å²) in [6.45, 7) is 15.7. The first-order chi connectivity index (χ1) is 26.6. The molecule has 1 fully saturated rings. The van der Waals surface area contributed by atoms with Crippen LogP contribution < -0.4 is 4.74 Å². The first-order valence-corrected chi connectivity index (χ1v) is 20.5. The second-order valence-electron chi connectivity index (χ2n) is 15.4. The van der Waals surface area contributed by atoms with Gasteiger partial charge in [-0.3, -0.25) is 0 Å². The summed E-state index contributed by atoms with van der Waals surface area (Å²) in [5.74, 6) is 1.20. The second-order valence-corrected chi connectivity index (χ2v) is 15.4. The molecule has 55 heavy (non-hydrogen) atoms. The highest BCUT2D eigenvalue weighted by Gasteiger charge is 2.22. The van der Waals surface area contributed by atoms with Gasteiger partial charge in [-0.25, -0.2) is 9.59 Å². The molecule has 0 spiro atoms. The molecule has 1 aliphatic rings. The lowest BCUT2D eigenvalue weighted by molar-refractivity contribution is -0.139. The third kappa shape index (κ3) is 12.9. The Morgan fingerprint density at radius 1 is 0.727 bits per heavy atom. The number of carbonyl (C=O) groups excluding carboxylic acids is 2. The molecule has 1 aliphatic carbocycles. The lowest BCUT2D eigenvalue weighted by Crippen LogP contribution is -2.16. The number of aliphatic hydroxyl groups excluding tert-OH is 2. The van der Waals surface area contributed by atoms with Gasteiger partial charge in [-0.2, -0.15) is 0 Å². The SMILES string of the molecule is C=C(C)C(=O)OCCCc1cc(-c2ccc(-c3ccc(C4CCC(CCC)CC4)cc3)cc2CC)cc(CCCOC(=O)C(=C)C)c1OCCC(CO)CO. The number of hydrogen-bond acceptors (Lipinski definition) is 7. The van der Waals surface area contributed by atoms with Crippen molar-refractivity contribution in [2.24, 2.45) is 11.8 Å². The van der Waals surface area contributed by atoms with Gasteiger partial charge in [-0.15, -0.1) is 0 Å². The summed E-state index contributed by atoms with van der Waals surface area (Å²) < 4.78 is 17.3. The third-order valence-corrected chi connectivity index (χ3v) is 10.9. The van der Waals surface area contributed by atoms with Crippen LogP contribution in [0.15, 0.2) is 78.9 Å². The Hall–Kier alpha value is -4.20. The molecule has 7 nitrogen and oxygen atoms in total. The Morgan fingerprint density at radius 3 is 1.78 bits per heavy atom. The molecule has 2 N–H and O–H groups in total. The molecule has 1 saturated carbocycles. The van der Waals surface area contributed by atoms with Gasteiger partial charge in [0.05, 0.1) is 19.8 Å². The lowest BCUT2D eigenvalue weighted by atomic mass is 9.77. The molecule has 0 radical (unpaired) electrons. The molecule has 0 amide bonds. The molecule has 0 atom stereocenters. The summed E-state index contributed by atoms with van der Waals surface area (Å²) in [7, 11) is 0. The van der Waals surface area contributed by atoms with Crippen LogP contribution in [0, 0.1) is 11.8 Å². The predicted molar refractivity (Wildman–Crippen MR) is 222 cm³/mol. The molecule has 0 saturated heterocycles. The van der Waals surface area contributed by atoms with E-state index in [9.17, 15) is 19.8 Å². The van der Waals surface area contributed by atoms with Crippen molar-refractivity contribution in [2.75, 3.05) is 33.0 Å². The smallest absolute Gasteiger partial charge is 0.333 e. The van der Waals surface area contributed by atoms with Gasteiger partial charge in [-0.1, -0.05) is 82.3 Å². The van der Waals surface area contributed by atoms with Crippen LogP contribution in [0.25, 0.3) is 22.3 Å². The van der Waals surface area contributed by atoms with Crippen LogP contribution >= 0.6 is 0 Å². The molecule has 0 aliphatic heterocycles. The predicted octanol–water partition coefficient (Wildman–Crippen LogP) is 10.1. The van der Waals surface area contributed by atoms with Crippen LogP contribution in [0.4, 0.5) is 0 Å². The molecule has 3 aromatic carbocycles. The van der Waals surface area contributed by atoms with E-state index >= 15 is 0 Å². The maximum Gasteiger partial charge on any atom is 0.333 e. The summed E-state index contributed by atoms with van der Waals surface area (Å²) in [4.78, 5) is 24.2. The minimum atomic E-state index is -0.411. The van der Waals surface area contributed by atoms with Gasteiger partial charge in [0.2, 0.25) is 0 Å². The van der Waals surface area contributed by atoms with Crippen molar-refractivity contribution in [2.45, 2.75) is 111 Å². The molecule has 0 bridgehead atoms. The lowest BCUT2D eigenvalue weighted by Gasteiger charge is -2.28. The van der Waals surface area contributed by atoms with Crippen LogP contribution in [0.3, 0.4) is 0 Å². The van der Waals surface area contributed by atoms with Crippen LogP contribution in [0.2, 0.25) is 0 Å². The zero-order valence-electron chi connectivity index (χ0n) is 33.8. The highest BCUT2D eigenvalue weighted by Crippen LogP contribution is 2.39. The first-order valence-electron chi connectivity index (χ1n) is 20.5. The summed E-state index contributed by atoms with van der Waals surface area (Å²) in [5.41, 5.74) is 9.99. The van der Waals surface area contributed by atoms with Gasteiger partial charge in [0.15, 0.2) is 0 Å². The molecule has 0 aromatic heterocycles. The zero-order valence-corrected chi connectivity index (χ0v) is 33.8. The summed E-state index contributed by atoms with van der Waals surface area (Å²) in [6.07, 6.45) is 11.6. The zero-order chi connectivity index (χ0) is 39.7. The number of ether oxygens (including phenoxy) is 3. The van der Waals surface area contributed by atoms with E-state index < -0.39 is 11.9 Å². The minimum Gasteiger partial charge on any atom is -0.493 e. The largest absolute Gasteiger partial charge is 0.493 e. The van der Waals surface area contributed by atoms with E-state index in [4.69, 9.17) is 14.2 Å². The highest BCUT2D eigenvalue weighted by atomic mass is 16.5. The molecule has 7 heteroatoms. The van der Waals surface area contributed by atoms with Gasteiger partial charge in [0.1, 0.15) is 5.75 Å². The fraction of sp³-hybridized carbons (Fsp3) is 0.500. The Morgan fingerprint density at radius 2 is 1.27 bits per heavy atom. The van der Waals surface area contributed by atoms with Crippen molar-refractivity contribution in [1.82, 2.24) is 0 Å². The third-order valence-electron chi connectivity index (χ3n) is 10.9. The topological polar surface area (TPSA) is 102 Å². The summed E-state index contributed by atoms with van der Waals surface area (Å²) in [6, 6.07) is 20.3. The number of esters is 2. The Bertz CT molecular complexity index is 1660. The van der Waals surface area contributed by atoms with Crippen molar-refractivity contribution in [1.29, 1.82) is 0 Å². The Labute approximate surface area is 329 Å². The monoisotopic (exact) mass is 752 g/mol. The van der Waals surface area contributed by atoms with Crippen molar-refractivity contribution < 1.29 is 34.0 Å². The number of aryl methyl sites for hydroxylation is 3. The van der Waals surface area contributed by atoms with Crippen molar-refractivity contribution in [3.05, 3.63) is 101 Å². The normalized spacial score (nSPS) is 15.5. The van der Waals surface area contributed by atoms with Crippen molar-refractivity contribution in [3.63, 3.8) is 0 Å². The highest BCUT2D eigenvalue weighted by molar-refractivity contribution is 5.87. The maximum atomic E-state index is 12.1.